The maximum absolute atomic E-state index is 13.2. The maximum Gasteiger partial charge on any atom is 0.240 e. The molecule has 1 aliphatic rings. The molecule has 118 valence electrons. The zero-order valence-electron chi connectivity index (χ0n) is 12.6. The van der Waals surface area contributed by atoms with Crippen LogP contribution in [0, 0.1) is 11.7 Å². The van der Waals surface area contributed by atoms with Crippen LogP contribution >= 0.6 is 11.3 Å². The first-order chi connectivity index (χ1) is 10.6. The fraction of sp³-hybridized carbons (Fsp3) is 0.500. The number of amides is 1. The Balaban J connectivity index is 1.61. The lowest BCUT2D eigenvalue weighted by molar-refractivity contribution is -0.117. The summed E-state index contributed by atoms with van der Waals surface area (Å²) in [5, 5.41) is 3.37. The summed E-state index contributed by atoms with van der Waals surface area (Å²) in [5.74, 6) is 0.436. The number of thiazole rings is 1. The molecule has 0 unspecified atom stereocenters. The number of rotatable bonds is 7. The van der Waals surface area contributed by atoms with Gasteiger partial charge < -0.3 is 5.32 Å². The van der Waals surface area contributed by atoms with Gasteiger partial charge in [-0.25, -0.2) is 9.37 Å². The van der Waals surface area contributed by atoms with Crippen molar-refractivity contribution in [3.63, 3.8) is 0 Å². The highest BCUT2D eigenvalue weighted by Gasteiger charge is 2.25. The molecule has 1 fully saturated rings. The van der Waals surface area contributed by atoms with Crippen molar-refractivity contribution < 1.29 is 9.18 Å². The highest BCUT2D eigenvalue weighted by Crippen LogP contribution is 2.30. The standard InChI is InChI=1S/C16H20FN3OS/c1-2-7-20(9-11-3-4-11)10-15(21)19-16-18-13-6-5-12(17)8-14(13)22-16/h5-6,8,11H,2-4,7,9-10H2,1H3,(H,18,19,21). The Bertz CT molecular complexity index is 668. The van der Waals surface area contributed by atoms with Gasteiger partial charge in [0.25, 0.3) is 0 Å². The summed E-state index contributed by atoms with van der Waals surface area (Å²) in [7, 11) is 0. The van der Waals surface area contributed by atoms with E-state index in [1.165, 1.54) is 36.3 Å². The first kappa shape index (κ1) is 15.4. The number of benzene rings is 1. The Morgan fingerprint density at radius 1 is 1.50 bits per heavy atom. The van der Waals surface area contributed by atoms with E-state index >= 15 is 0 Å². The molecule has 1 aliphatic carbocycles. The average Bonchev–Trinajstić information content (AvgIpc) is 3.17. The fourth-order valence-corrected chi connectivity index (χ4v) is 3.44. The van der Waals surface area contributed by atoms with Gasteiger partial charge in [0.15, 0.2) is 5.13 Å². The van der Waals surface area contributed by atoms with E-state index < -0.39 is 0 Å². The Labute approximate surface area is 133 Å². The van der Waals surface area contributed by atoms with E-state index in [0.29, 0.717) is 17.2 Å². The molecule has 0 atom stereocenters. The molecule has 0 radical (unpaired) electrons. The molecule has 6 heteroatoms. The molecule has 2 aromatic rings. The SMILES string of the molecule is CCCN(CC(=O)Nc1nc2ccc(F)cc2s1)CC1CC1. The summed E-state index contributed by atoms with van der Waals surface area (Å²) in [6.07, 6.45) is 3.61. The smallest absolute Gasteiger partial charge is 0.240 e. The second kappa shape index (κ2) is 6.71. The van der Waals surface area contributed by atoms with Crippen LogP contribution in [0.25, 0.3) is 10.2 Å². The molecule has 0 bridgehead atoms. The number of carbonyl (C=O) groups excluding carboxylic acids is 1. The van der Waals surface area contributed by atoms with E-state index in [1.54, 1.807) is 6.07 Å². The Morgan fingerprint density at radius 2 is 2.32 bits per heavy atom. The Morgan fingerprint density at radius 3 is 3.05 bits per heavy atom. The van der Waals surface area contributed by atoms with Crippen molar-refractivity contribution in [2.75, 3.05) is 25.0 Å². The summed E-state index contributed by atoms with van der Waals surface area (Å²) in [6, 6.07) is 4.46. The number of nitrogens with one attached hydrogen (secondary N) is 1. The number of aromatic nitrogens is 1. The summed E-state index contributed by atoms with van der Waals surface area (Å²) in [4.78, 5) is 18.7. The molecule has 1 amide bonds. The molecule has 1 saturated carbocycles. The molecular formula is C16H20FN3OS. The second-order valence-corrected chi connectivity index (χ2v) is 6.89. The quantitative estimate of drug-likeness (QED) is 0.849. The monoisotopic (exact) mass is 321 g/mol. The normalized spacial score (nSPS) is 14.7. The van der Waals surface area contributed by atoms with E-state index in [2.05, 4.69) is 22.1 Å². The highest BCUT2D eigenvalue weighted by atomic mass is 32.1. The fourth-order valence-electron chi connectivity index (χ4n) is 2.53. The van der Waals surface area contributed by atoms with Crippen molar-refractivity contribution >= 4 is 32.6 Å². The van der Waals surface area contributed by atoms with Crippen molar-refractivity contribution in [3.8, 4) is 0 Å². The van der Waals surface area contributed by atoms with Crippen LogP contribution in [0.2, 0.25) is 0 Å². The molecule has 1 aromatic carbocycles. The lowest BCUT2D eigenvalue weighted by Gasteiger charge is -2.20. The van der Waals surface area contributed by atoms with Crippen LogP contribution in [0.3, 0.4) is 0 Å². The lowest BCUT2D eigenvalue weighted by Crippen LogP contribution is -2.35. The minimum absolute atomic E-state index is 0.0476. The molecule has 0 saturated heterocycles. The number of halogens is 1. The van der Waals surface area contributed by atoms with Crippen molar-refractivity contribution in [3.05, 3.63) is 24.0 Å². The van der Waals surface area contributed by atoms with Gasteiger partial charge in [-0.3, -0.25) is 9.69 Å². The van der Waals surface area contributed by atoms with E-state index in [0.717, 1.165) is 30.1 Å². The van der Waals surface area contributed by atoms with E-state index in [-0.39, 0.29) is 11.7 Å². The van der Waals surface area contributed by atoms with Gasteiger partial charge in [-0.2, -0.15) is 0 Å². The molecular weight excluding hydrogens is 301 g/mol. The van der Waals surface area contributed by atoms with Gasteiger partial charge in [-0.15, -0.1) is 0 Å². The van der Waals surface area contributed by atoms with Crippen LogP contribution < -0.4 is 5.32 Å². The summed E-state index contributed by atoms with van der Waals surface area (Å²) >= 11 is 1.30. The third-order valence-corrected chi connectivity index (χ3v) is 4.65. The Kier molecular flexibility index (Phi) is 4.69. The largest absolute Gasteiger partial charge is 0.301 e. The molecule has 1 heterocycles. The van der Waals surface area contributed by atoms with Crippen LogP contribution in [0.15, 0.2) is 18.2 Å². The van der Waals surface area contributed by atoms with Crippen molar-refractivity contribution in [2.24, 2.45) is 5.92 Å². The number of carbonyl (C=O) groups is 1. The molecule has 1 aromatic heterocycles. The minimum atomic E-state index is -0.285. The number of nitrogens with zero attached hydrogens (tertiary/aromatic N) is 2. The van der Waals surface area contributed by atoms with Crippen LogP contribution in [-0.2, 0) is 4.79 Å². The third kappa shape index (κ3) is 4.01. The second-order valence-electron chi connectivity index (χ2n) is 5.86. The van der Waals surface area contributed by atoms with Gasteiger partial charge in [0, 0.05) is 6.54 Å². The molecule has 0 spiro atoms. The molecule has 22 heavy (non-hydrogen) atoms. The van der Waals surface area contributed by atoms with E-state index in [4.69, 9.17) is 0 Å². The van der Waals surface area contributed by atoms with Gasteiger partial charge in [0.05, 0.1) is 16.8 Å². The average molecular weight is 321 g/mol. The van der Waals surface area contributed by atoms with Crippen molar-refractivity contribution in [1.82, 2.24) is 9.88 Å². The predicted octanol–water partition coefficient (Wildman–Crippen LogP) is 3.50. The number of hydrogen-bond acceptors (Lipinski definition) is 4. The van der Waals surface area contributed by atoms with Gasteiger partial charge in [-0.05, 0) is 49.9 Å². The Hall–Kier alpha value is -1.53. The van der Waals surface area contributed by atoms with Gasteiger partial charge in [0.1, 0.15) is 5.82 Å². The third-order valence-electron chi connectivity index (χ3n) is 3.72. The predicted molar refractivity (Wildman–Crippen MR) is 87.7 cm³/mol. The van der Waals surface area contributed by atoms with Crippen LogP contribution in [0.4, 0.5) is 9.52 Å². The van der Waals surface area contributed by atoms with E-state index in [9.17, 15) is 9.18 Å². The zero-order valence-corrected chi connectivity index (χ0v) is 13.5. The number of hydrogen-bond donors (Lipinski definition) is 1. The van der Waals surface area contributed by atoms with Crippen LogP contribution in [0.1, 0.15) is 26.2 Å². The van der Waals surface area contributed by atoms with Gasteiger partial charge >= 0.3 is 0 Å². The molecule has 1 N–H and O–H groups in total. The number of fused-ring (bicyclic) bond motifs is 1. The van der Waals surface area contributed by atoms with Gasteiger partial charge in [0.2, 0.25) is 5.91 Å². The molecule has 0 aliphatic heterocycles. The minimum Gasteiger partial charge on any atom is -0.301 e. The first-order valence-corrected chi connectivity index (χ1v) is 8.54. The summed E-state index contributed by atoms with van der Waals surface area (Å²) in [5.41, 5.74) is 0.713. The van der Waals surface area contributed by atoms with E-state index in [1.807, 2.05) is 0 Å². The van der Waals surface area contributed by atoms with Crippen molar-refractivity contribution in [1.29, 1.82) is 0 Å². The molecule has 3 rings (SSSR count). The van der Waals surface area contributed by atoms with Crippen LogP contribution in [0.5, 0.6) is 0 Å². The maximum atomic E-state index is 13.2. The zero-order chi connectivity index (χ0) is 15.5. The van der Waals surface area contributed by atoms with Crippen molar-refractivity contribution in [2.45, 2.75) is 26.2 Å². The van der Waals surface area contributed by atoms with Crippen LogP contribution in [-0.4, -0.2) is 35.4 Å². The van der Waals surface area contributed by atoms with Gasteiger partial charge in [-0.1, -0.05) is 18.3 Å². The number of anilines is 1. The summed E-state index contributed by atoms with van der Waals surface area (Å²) < 4.78 is 13.9. The molecule has 4 nitrogen and oxygen atoms in total. The first-order valence-electron chi connectivity index (χ1n) is 7.72. The topological polar surface area (TPSA) is 45.2 Å². The summed E-state index contributed by atoms with van der Waals surface area (Å²) in [6.45, 7) is 4.47. The lowest BCUT2D eigenvalue weighted by atomic mass is 10.3. The highest BCUT2D eigenvalue weighted by molar-refractivity contribution is 7.22.